The highest BCUT2D eigenvalue weighted by molar-refractivity contribution is 5.85. The van der Waals surface area contributed by atoms with Gasteiger partial charge in [0.1, 0.15) is 6.54 Å². The van der Waals surface area contributed by atoms with E-state index in [1.54, 1.807) is 0 Å². The van der Waals surface area contributed by atoms with Gasteiger partial charge in [0.05, 0.1) is 7.11 Å². The number of hydrogen-bond donors (Lipinski definition) is 2. The Balaban J connectivity index is 2.49. The predicted molar refractivity (Wildman–Crippen MR) is 64.4 cm³/mol. The second kappa shape index (κ2) is 6.00. The summed E-state index contributed by atoms with van der Waals surface area (Å²) in [5, 5.41) is 5.93. The summed E-state index contributed by atoms with van der Waals surface area (Å²) in [5.41, 5.74) is -0.457. The monoisotopic (exact) mass is 242 g/mol. The Bertz CT molecular complexity index is 283. The lowest BCUT2D eigenvalue weighted by Crippen LogP contribution is -2.48. The quantitative estimate of drug-likeness (QED) is 0.696. The summed E-state index contributed by atoms with van der Waals surface area (Å²) >= 11 is 0. The Hall–Kier alpha value is -1.10. The molecule has 17 heavy (non-hydrogen) atoms. The summed E-state index contributed by atoms with van der Waals surface area (Å²) in [7, 11) is 1.31. The zero-order valence-corrected chi connectivity index (χ0v) is 10.8. The summed E-state index contributed by atoms with van der Waals surface area (Å²) in [6.45, 7) is 5.68. The molecule has 1 amide bonds. The molecule has 0 aliphatic carbocycles. The highest BCUT2D eigenvalue weighted by atomic mass is 16.5. The van der Waals surface area contributed by atoms with Gasteiger partial charge in [-0.3, -0.25) is 9.59 Å². The molecule has 1 aliphatic heterocycles. The Morgan fingerprint density at radius 1 is 1.47 bits per heavy atom. The molecule has 1 rings (SSSR count). The molecule has 1 fully saturated rings. The van der Waals surface area contributed by atoms with Crippen LogP contribution in [0.3, 0.4) is 0 Å². The Morgan fingerprint density at radius 2 is 2.18 bits per heavy atom. The molecule has 0 bridgehead atoms. The molecule has 5 nitrogen and oxygen atoms in total. The molecule has 0 radical (unpaired) electrons. The van der Waals surface area contributed by atoms with E-state index in [2.05, 4.69) is 15.4 Å². The van der Waals surface area contributed by atoms with Crippen molar-refractivity contribution in [2.75, 3.05) is 26.7 Å². The predicted octanol–water partition coefficient (Wildman–Crippen LogP) is 0.301. The third-order valence-corrected chi connectivity index (χ3v) is 3.52. The van der Waals surface area contributed by atoms with Crippen LogP contribution in [0.25, 0.3) is 0 Å². The van der Waals surface area contributed by atoms with E-state index in [4.69, 9.17) is 0 Å². The van der Waals surface area contributed by atoms with Crippen LogP contribution in [0.4, 0.5) is 0 Å². The highest BCUT2D eigenvalue weighted by Gasteiger charge is 2.37. The number of hydrogen-bond acceptors (Lipinski definition) is 4. The molecule has 2 N–H and O–H groups in total. The van der Waals surface area contributed by atoms with Gasteiger partial charge in [-0.05, 0) is 31.8 Å². The van der Waals surface area contributed by atoms with E-state index in [0.29, 0.717) is 5.92 Å². The summed E-state index contributed by atoms with van der Waals surface area (Å²) in [5.74, 6) is -0.193. The molecule has 0 saturated carbocycles. The molecule has 0 aromatic carbocycles. The molecule has 0 aromatic heterocycles. The summed E-state index contributed by atoms with van der Waals surface area (Å²) in [4.78, 5) is 23.0. The number of carbonyl (C=O) groups is 2. The van der Waals surface area contributed by atoms with Crippen molar-refractivity contribution in [3.63, 3.8) is 0 Å². The first-order valence-electron chi connectivity index (χ1n) is 6.04. The van der Waals surface area contributed by atoms with Crippen molar-refractivity contribution in [3.8, 4) is 0 Å². The maximum Gasteiger partial charge on any atom is 0.325 e. The lowest BCUT2D eigenvalue weighted by Gasteiger charge is -2.35. The number of nitrogens with one attached hydrogen (secondary N) is 2. The molecule has 1 atom stereocenters. The van der Waals surface area contributed by atoms with E-state index in [1.807, 2.05) is 13.8 Å². The van der Waals surface area contributed by atoms with Gasteiger partial charge < -0.3 is 15.4 Å². The minimum Gasteiger partial charge on any atom is -0.468 e. The second-order valence-corrected chi connectivity index (χ2v) is 5.02. The van der Waals surface area contributed by atoms with Crippen LogP contribution in [0, 0.1) is 11.3 Å². The van der Waals surface area contributed by atoms with Gasteiger partial charge in [0, 0.05) is 5.41 Å². The first-order chi connectivity index (χ1) is 7.98. The SMILES string of the molecule is COC(=O)CNC(=O)C(C)(C)C1CCCNC1. The van der Waals surface area contributed by atoms with E-state index < -0.39 is 11.4 Å². The molecule has 5 heteroatoms. The first-order valence-corrected chi connectivity index (χ1v) is 6.04. The zero-order chi connectivity index (χ0) is 12.9. The number of esters is 1. The van der Waals surface area contributed by atoms with Crippen molar-refractivity contribution in [1.82, 2.24) is 10.6 Å². The minimum atomic E-state index is -0.457. The average molecular weight is 242 g/mol. The molecule has 1 saturated heterocycles. The van der Waals surface area contributed by atoms with E-state index in [-0.39, 0.29) is 12.5 Å². The smallest absolute Gasteiger partial charge is 0.325 e. The van der Waals surface area contributed by atoms with Crippen LogP contribution in [0.1, 0.15) is 26.7 Å². The molecule has 0 spiro atoms. The number of rotatable bonds is 4. The van der Waals surface area contributed by atoms with Crippen molar-refractivity contribution in [3.05, 3.63) is 0 Å². The minimum absolute atomic E-state index is 0.0566. The lowest BCUT2D eigenvalue weighted by molar-refractivity contribution is -0.143. The third kappa shape index (κ3) is 3.70. The molecular weight excluding hydrogens is 220 g/mol. The van der Waals surface area contributed by atoms with Crippen LogP contribution in [-0.2, 0) is 14.3 Å². The number of methoxy groups -OCH3 is 1. The fourth-order valence-electron chi connectivity index (χ4n) is 2.11. The Morgan fingerprint density at radius 3 is 2.71 bits per heavy atom. The normalized spacial score (nSPS) is 20.8. The number of carbonyl (C=O) groups excluding carboxylic acids is 2. The van der Waals surface area contributed by atoms with Crippen LogP contribution in [0.2, 0.25) is 0 Å². The molecular formula is C12H22N2O3. The fourth-order valence-corrected chi connectivity index (χ4v) is 2.11. The summed E-state index contributed by atoms with van der Waals surface area (Å²) in [6, 6.07) is 0. The number of piperidine rings is 1. The van der Waals surface area contributed by atoms with E-state index in [0.717, 1.165) is 25.9 Å². The maximum absolute atomic E-state index is 12.0. The van der Waals surface area contributed by atoms with Crippen LogP contribution >= 0.6 is 0 Å². The van der Waals surface area contributed by atoms with Crippen LogP contribution in [0.15, 0.2) is 0 Å². The largest absolute Gasteiger partial charge is 0.468 e. The van der Waals surface area contributed by atoms with Crippen molar-refractivity contribution >= 4 is 11.9 Å². The fraction of sp³-hybridized carbons (Fsp3) is 0.833. The van der Waals surface area contributed by atoms with Crippen LogP contribution < -0.4 is 10.6 Å². The highest BCUT2D eigenvalue weighted by Crippen LogP contribution is 2.31. The van der Waals surface area contributed by atoms with Gasteiger partial charge >= 0.3 is 5.97 Å². The van der Waals surface area contributed by atoms with Crippen molar-refractivity contribution in [2.24, 2.45) is 11.3 Å². The van der Waals surface area contributed by atoms with E-state index in [9.17, 15) is 9.59 Å². The number of amides is 1. The lowest BCUT2D eigenvalue weighted by atomic mass is 9.74. The van der Waals surface area contributed by atoms with Gasteiger partial charge in [0.2, 0.25) is 5.91 Å². The van der Waals surface area contributed by atoms with Gasteiger partial charge in [-0.1, -0.05) is 13.8 Å². The Labute approximate surface area is 102 Å². The van der Waals surface area contributed by atoms with Crippen LogP contribution in [-0.4, -0.2) is 38.6 Å². The van der Waals surface area contributed by atoms with Gasteiger partial charge in [0.15, 0.2) is 0 Å². The molecule has 98 valence electrons. The van der Waals surface area contributed by atoms with Crippen molar-refractivity contribution < 1.29 is 14.3 Å². The van der Waals surface area contributed by atoms with Gasteiger partial charge in [-0.15, -0.1) is 0 Å². The topological polar surface area (TPSA) is 67.4 Å². The molecule has 1 unspecified atom stereocenters. The zero-order valence-electron chi connectivity index (χ0n) is 10.8. The van der Waals surface area contributed by atoms with Gasteiger partial charge in [-0.2, -0.15) is 0 Å². The molecule has 1 aliphatic rings. The van der Waals surface area contributed by atoms with Gasteiger partial charge in [0.25, 0.3) is 0 Å². The third-order valence-electron chi connectivity index (χ3n) is 3.52. The standard InChI is InChI=1S/C12H22N2O3/c1-12(2,9-5-4-6-13-7-9)11(16)14-8-10(15)17-3/h9,13H,4-8H2,1-3H3,(H,14,16). The van der Waals surface area contributed by atoms with Gasteiger partial charge in [-0.25, -0.2) is 0 Å². The Kier molecular flexibility index (Phi) is 4.93. The van der Waals surface area contributed by atoms with E-state index in [1.165, 1.54) is 7.11 Å². The molecule has 1 heterocycles. The second-order valence-electron chi connectivity index (χ2n) is 5.02. The number of ether oxygens (including phenoxy) is 1. The van der Waals surface area contributed by atoms with Crippen LogP contribution in [0.5, 0.6) is 0 Å². The van der Waals surface area contributed by atoms with Crippen molar-refractivity contribution in [1.29, 1.82) is 0 Å². The average Bonchev–Trinajstić information content (AvgIpc) is 2.36. The van der Waals surface area contributed by atoms with E-state index >= 15 is 0 Å². The summed E-state index contributed by atoms with van der Waals surface area (Å²) < 4.78 is 4.49. The summed E-state index contributed by atoms with van der Waals surface area (Å²) in [6.07, 6.45) is 2.14. The van der Waals surface area contributed by atoms with Crippen molar-refractivity contribution in [2.45, 2.75) is 26.7 Å². The first kappa shape index (κ1) is 14.0. The maximum atomic E-state index is 12.0. The molecule has 0 aromatic rings.